The summed E-state index contributed by atoms with van der Waals surface area (Å²) in [6, 6.07) is 5.64. The molecule has 0 radical (unpaired) electrons. The van der Waals surface area contributed by atoms with Gasteiger partial charge >= 0.3 is 0 Å². The van der Waals surface area contributed by atoms with Gasteiger partial charge in [0.25, 0.3) is 0 Å². The summed E-state index contributed by atoms with van der Waals surface area (Å²) in [5.74, 6) is 1.51. The van der Waals surface area contributed by atoms with Crippen molar-refractivity contribution in [3.63, 3.8) is 0 Å². The van der Waals surface area contributed by atoms with E-state index in [1.165, 1.54) is 0 Å². The summed E-state index contributed by atoms with van der Waals surface area (Å²) in [6.45, 7) is 6.29. The quantitative estimate of drug-likeness (QED) is 0.865. The van der Waals surface area contributed by atoms with Crippen LogP contribution in [-0.2, 0) is 6.54 Å². The highest BCUT2D eigenvalue weighted by molar-refractivity contribution is 9.10. The van der Waals surface area contributed by atoms with Crippen LogP contribution in [-0.4, -0.2) is 9.55 Å². The molecular formula is C13H13BrClN3. The van der Waals surface area contributed by atoms with Gasteiger partial charge in [0, 0.05) is 16.6 Å². The van der Waals surface area contributed by atoms with Gasteiger partial charge in [0.15, 0.2) is 0 Å². The van der Waals surface area contributed by atoms with Crippen LogP contribution in [0.4, 0.5) is 5.82 Å². The lowest BCUT2D eigenvalue weighted by Crippen LogP contribution is -2.03. The van der Waals surface area contributed by atoms with Gasteiger partial charge in [-0.1, -0.05) is 23.7 Å². The van der Waals surface area contributed by atoms with E-state index in [-0.39, 0.29) is 0 Å². The summed E-state index contributed by atoms with van der Waals surface area (Å²) in [7, 11) is 0. The van der Waals surface area contributed by atoms with Gasteiger partial charge in [0.05, 0.1) is 5.02 Å². The molecule has 1 heterocycles. The van der Waals surface area contributed by atoms with Gasteiger partial charge in [-0.15, -0.1) is 6.58 Å². The third-order valence-corrected chi connectivity index (χ3v) is 3.92. The Labute approximate surface area is 119 Å². The molecule has 2 aromatic rings. The molecule has 0 atom stereocenters. The number of hydrogen-bond donors (Lipinski definition) is 1. The van der Waals surface area contributed by atoms with Gasteiger partial charge in [-0.25, -0.2) is 4.98 Å². The van der Waals surface area contributed by atoms with E-state index in [0.717, 1.165) is 21.6 Å². The first-order valence-electron chi connectivity index (χ1n) is 5.43. The molecular weight excluding hydrogens is 314 g/mol. The Bertz CT molecular complexity index is 605. The Morgan fingerprint density at radius 3 is 2.89 bits per heavy atom. The van der Waals surface area contributed by atoms with Crippen molar-refractivity contribution in [2.75, 3.05) is 5.73 Å². The van der Waals surface area contributed by atoms with Crippen molar-refractivity contribution in [2.24, 2.45) is 0 Å². The molecule has 1 aromatic heterocycles. The maximum atomic E-state index is 6.11. The van der Waals surface area contributed by atoms with Crippen molar-refractivity contribution in [3.05, 3.63) is 46.2 Å². The number of nitrogens with two attached hydrogens (primary N) is 1. The van der Waals surface area contributed by atoms with Crippen LogP contribution < -0.4 is 5.73 Å². The van der Waals surface area contributed by atoms with E-state index >= 15 is 0 Å². The molecule has 0 bridgehead atoms. The molecule has 94 valence electrons. The first-order valence-corrected chi connectivity index (χ1v) is 6.60. The molecule has 0 aliphatic heterocycles. The molecule has 18 heavy (non-hydrogen) atoms. The predicted molar refractivity (Wildman–Crippen MR) is 79.7 cm³/mol. The molecule has 1 aromatic carbocycles. The monoisotopic (exact) mass is 325 g/mol. The van der Waals surface area contributed by atoms with Crippen LogP contribution in [0.15, 0.2) is 35.3 Å². The van der Waals surface area contributed by atoms with Crippen LogP contribution >= 0.6 is 27.5 Å². The average molecular weight is 327 g/mol. The molecule has 3 nitrogen and oxygen atoms in total. The second kappa shape index (κ2) is 5.16. The summed E-state index contributed by atoms with van der Waals surface area (Å²) in [4.78, 5) is 4.50. The lowest BCUT2D eigenvalue weighted by molar-refractivity contribution is 0.792. The topological polar surface area (TPSA) is 43.8 Å². The molecule has 0 aliphatic carbocycles. The molecule has 0 amide bonds. The van der Waals surface area contributed by atoms with E-state index in [1.807, 2.05) is 29.7 Å². The Morgan fingerprint density at radius 2 is 2.28 bits per heavy atom. The van der Waals surface area contributed by atoms with Crippen LogP contribution in [0, 0.1) is 6.92 Å². The van der Waals surface area contributed by atoms with Crippen LogP contribution in [0.2, 0.25) is 5.02 Å². The molecule has 2 N–H and O–H groups in total. The van der Waals surface area contributed by atoms with Crippen LogP contribution in [0.3, 0.4) is 0 Å². The van der Waals surface area contributed by atoms with E-state index in [0.29, 0.717) is 17.4 Å². The van der Waals surface area contributed by atoms with Gasteiger partial charge < -0.3 is 10.3 Å². The number of halogens is 2. The zero-order chi connectivity index (χ0) is 13.3. The highest BCUT2D eigenvalue weighted by atomic mass is 79.9. The van der Waals surface area contributed by atoms with Gasteiger partial charge in [-0.2, -0.15) is 0 Å². The van der Waals surface area contributed by atoms with Gasteiger partial charge in [-0.05, 0) is 35.0 Å². The summed E-state index contributed by atoms with van der Waals surface area (Å²) in [5.41, 5.74) is 7.82. The first kappa shape index (κ1) is 13.2. The van der Waals surface area contributed by atoms with Crippen molar-refractivity contribution < 1.29 is 0 Å². The Balaban J connectivity index is 2.54. The molecule has 0 aliphatic rings. The van der Waals surface area contributed by atoms with Crippen LogP contribution in [0.1, 0.15) is 5.82 Å². The fraction of sp³-hybridized carbons (Fsp3) is 0.154. The van der Waals surface area contributed by atoms with Gasteiger partial charge in [0.1, 0.15) is 17.3 Å². The number of imidazole rings is 1. The lowest BCUT2D eigenvalue weighted by atomic mass is 10.1. The highest BCUT2D eigenvalue weighted by Gasteiger charge is 2.13. The Kier molecular flexibility index (Phi) is 3.78. The molecule has 0 fully saturated rings. The highest BCUT2D eigenvalue weighted by Crippen LogP contribution is 2.31. The predicted octanol–water partition coefficient (Wildman–Crippen LogP) is 4.04. The summed E-state index contributed by atoms with van der Waals surface area (Å²) in [5, 5.41) is 0.666. The minimum Gasteiger partial charge on any atom is -0.383 e. The number of nitrogens with zero attached hydrogens (tertiary/aromatic N) is 2. The van der Waals surface area contributed by atoms with Gasteiger partial charge in [0.2, 0.25) is 0 Å². The Hall–Kier alpha value is -1.26. The molecule has 0 saturated heterocycles. The number of aromatic nitrogens is 2. The lowest BCUT2D eigenvalue weighted by Gasteiger charge is -2.04. The number of benzene rings is 1. The minimum atomic E-state index is 0.640. The SMILES string of the molecule is C=CCn1c(C)nc(-c2ccc(Cl)c(Br)c2)c1N. The largest absolute Gasteiger partial charge is 0.383 e. The maximum Gasteiger partial charge on any atom is 0.132 e. The molecule has 0 saturated carbocycles. The van der Waals surface area contributed by atoms with E-state index in [4.69, 9.17) is 17.3 Å². The summed E-state index contributed by atoms with van der Waals surface area (Å²) in [6.07, 6.45) is 1.80. The zero-order valence-electron chi connectivity index (χ0n) is 9.95. The van der Waals surface area contributed by atoms with Crippen LogP contribution in [0.25, 0.3) is 11.3 Å². The number of rotatable bonds is 3. The number of anilines is 1. The maximum absolute atomic E-state index is 6.11. The smallest absolute Gasteiger partial charge is 0.132 e. The number of nitrogen functional groups attached to an aromatic ring is 1. The van der Waals surface area contributed by atoms with Crippen LogP contribution in [0.5, 0.6) is 0 Å². The average Bonchev–Trinajstić information content (AvgIpc) is 2.61. The zero-order valence-corrected chi connectivity index (χ0v) is 12.3. The summed E-state index contributed by atoms with van der Waals surface area (Å²) < 4.78 is 2.75. The number of allylic oxidation sites excluding steroid dienone is 1. The second-order valence-corrected chi connectivity index (χ2v) is 5.18. The first-order chi connectivity index (χ1) is 8.54. The van der Waals surface area contributed by atoms with Crippen molar-refractivity contribution in [3.8, 4) is 11.3 Å². The van der Waals surface area contributed by atoms with E-state index in [1.54, 1.807) is 6.08 Å². The second-order valence-electron chi connectivity index (χ2n) is 3.92. The molecule has 5 heteroatoms. The number of hydrogen-bond acceptors (Lipinski definition) is 2. The van der Waals surface area contributed by atoms with E-state index < -0.39 is 0 Å². The van der Waals surface area contributed by atoms with Crippen molar-refractivity contribution in [1.82, 2.24) is 9.55 Å². The molecule has 0 spiro atoms. The normalized spacial score (nSPS) is 10.6. The minimum absolute atomic E-state index is 0.640. The summed E-state index contributed by atoms with van der Waals surface area (Å²) >= 11 is 9.38. The third-order valence-electron chi connectivity index (χ3n) is 2.70. The van der Waals surface area contributed by atoms with Crippen molar-refractivity contribution in [2.45, 2.75) is 13.5 Å². The fourth-order valence-electron chi connectivity index (χ4n) is 1.80. The number of aryl methyl sites for hydroxylation is 1. The van der Waals surface area contributed by atoms with E-state index in [2.05, 4.69) is 27.5 Å². The van der Waals surface area contributed by atoms with Crippen molar-refractivity contribution >= 4 is 33.3 Å². The fourth-order valence-corrected chi connectivity index (χ4v) is 2.29. The van der Waals surface area contributed by atoms with Crippen molar-refractivity contribution in [1.29, 1.82) is 0 Å². The standard InChI is InChI=1S/C13H13BrClN3/c1-3-6-18-8(2)17-12(13(18)16)9-4-5-11(15)10(14)7-9/h3-5,7H,1,6,16H2,2H3. The van der Waals surface area contributed by atoms with Gasteiger partial charge in [-0.3, -0.25) is 0 Å². The molecule has 0 unspecified atom stereocenters. The van der Waals surface area contributed by atoms with E-state index in [9.17, 15) is 0 Å². The molecule has 2 rings (SSSR count). The Morgan fingerprint density at radius 1 is 1.56 bits per heavy atom. The third kappa shape index (κ3) is 2.31.